The van der Waals surface area contributed by atoms with E-state index in [1.54, 1.807) is 0 Å². The summed E-state index contributed by atoms with van der Waals surface area (Å²) in [5.74, 6) is 0.852. The highest BCUT2D eigenvalue weighted by Gasteiger charge is 2.07. The van der Waals surface area contributed by atoms with Gasteiger partial charge >= 0.3 is 0 Å². The molecule has 2 aromatic carbocycles. The molecule has 0 aliphatic rings. The third kappa shape index (κ3) is 3.61. The summed E-state index contributed by atoms with van der Waals surface area (Å²) >= 11 is 6.18. The number of benzene rings is 2. The van der Waals surface area contributed by atoms with Crippen LogP contribution in [-0.4, -0.2) is 12.8 Å². The van der Waals surface area contributed by atoms with Gasteiger partial charge in [0.1, 0.15) is 5.75 Å². The molecule has 0 fully saturated rings. The van der Waals surface area contributed by atoms with Crippen molar-refractivity contribution in [2.45, 2.75) is 19.9 Å². The summed E-state index contributed by atoms with van der Waals surface area (Å²) in [6.45, 7) is 4.65. The van der Waals surface area contributed by atoms with E-state index in [1.807, 2.05) is 68.6 Å². The zero-order valence-electron chi connectivity index (χ0n) is 11.7. The summed E-state index contributed by atoms with van der Waals surface area (Å²) < 4.78 is 5.58. The highest BCUT2D eigenvalue weighted by Crippen LogP contribution is 2.25. The van der Waals surface area contributed by atoms with Crippen LogP contribution in [0.4, 0.5) is 0 Å². The first-order valence-electron chi connectivity index (χ1n) is 6.71. The van der Waals surface area contributed by atoms with Gasteiger partial charge in [0.15, 0.2) is 0 Å². The van der Waals surface area contributed by atoms with E-state index in [0.29, 0.717) is 6.61 Å². The van der Waals surface area contributed by atoms with Crippen LogP contribution in [0.25, 0.3) is 0 Å². The highest BCUT2D eigenvalue weighted by atomic mass is 35.5. The number of hydrogen-bond acceptors (Lipinski definition) is 2. The van der Waals surface area contributed by atoms with Crippen molar-refractivity contribution < 1.29 is 4.74 Å². The number of para-hydroxylation sites is 1. The summed E-state index contributed by atoms with van der Waals surface area (Å²) in [6.07, 6.45) is 1.85. The molecule has 0 bridgehead atoms. The molecule has 0 radical (unpaired) electrons. The number of aliphatic imine (C=N–C) groups is 1. The third-order valence-corrected chi connectivity index (χ3v) is 3.36. The number of halogens is 1. The standard InChI is InChI=1S/C17H18ClNO/c1-3-20-17-11-7-4-8-14(17)12-19-13(2)15-9-5-6-10-16(15)18/h4-13H,3H2,1-2H3. The summed E-state index contributed by atoms with van der Waals surface area (Å²) in [5.41, 5.74) is 2.01. The van der Waals surface area contributed by atoms with E-state index in [9.17, 15) is 0 Å². The van der Waals surface area contributed by atoms with Crippen LogP contribution in [0.1, 0.15) is 31.0 Å². The van der Waals surface area contributed by atoms with E-state index < -0.39 is 0 Å². The normalized spacial score (nSPS) is 12.6. The fourth-order valence-electron chi connectivity index (χ4n) is 1.96. The largest absolute Gasteiger partial charge is 0.493 e. The second-order valence-electron chi connectivity index (χ2n) is 4.45. The van der Waals surface area contributed by atoms with E-state index in [0.717, 1.165) is 21.9 Å². The van der Waals surface area contributed by atoms with Gasteiger partial charge in [-0.3, -0.25) is 4.99 Å². The molecule has 0 aromatic heterocycles. The van der Waals surface area contributed by atoms with Gasteiger partial charge in [-0.1, -0.05) is 41.9 Å². The molecule has 104 valence electrons. The molecule has 0 saturated carbocycles. The van der Waals surface area contributed by atoms with Crippen molar-refractivity contribution in [1.82, 2.24) is 0 Å². The predicted octanol–water partition coefficient (Wildman–Crippen LogP) is 4.92. The van der Waals surface area contributed by atoms with Crippen LogP contribution in [0.3, 0.4) is 0 Å². The number of hydrogen-bond donors (Lipinski definition) is 0. The van der Waals surface area contributed by atoms with E-state index in [2.05, 4.69) is 4.99 Å². The lowest BCUT2D eigenvalue weighted by Gasteiger charge is -2.10. The maximum Gasteiger partial charge on any atom is 0.128 e. The zero-order valence-corrected chi connectivity index (χ0v) is 12.5. The Balaban J connectivity index is 2.19. The lowest BCUT2D eigenvalue weighted by molar-refractivity contribution is 0.340. The minimum Gasteiger partial charge on any atom is -0.493 e. The van der Waals surface area contributed by atoms with Crippen LogP contribution in [0.15, 0.2) is 53.5 Å². The molecule has 0 aliphatic heterocycles. The number of rotatable bonds is 5. The molecule has 3 heteroatoms. The van der Waals surface area contributed by atoms with Gasteiger partial charge in [-0.2, -0.15) is 0 Å². The van der Waals surface area contributed by atoms with Gasteiger partial charge in [0, 0.05) is 16.8 Å². The minimum atomic E-state index is 0.0124. The fourth-order valence-corrected chi connectivity index (χ4v) is 2.25. The van der Waals surface area contributed by atoms with E-state index in [4.69, 9.17) is 16.3 Å². The molecule has 20 heavy (non-hydrogen) atoms. The van der Waals surface area contributed by atoms with Crippen LogP contribution < -0.4 is 4.74 Å². The Morgan fingerprint density at radius 3 is 2.60 bits per heavy atom. The average Bonchev–Trinajstić information content (AvgIpc) is 2.47. The topological polar surface area (TPSA) is 21.6 Å². The first-order valence-corrected chi connectivity index (χ1v) is 7.09. The smallest absolute Gasteiger partial charge is 0.128 e. The molecule has 0 amide bonds. The lowest BCUT2D eigenvalue weighted by Crippen LogP contribution is -1.97. The summed E-state index contributed by atoms with van der Waals surface area (Å²) in [5, 5.41) is 0.746. The summed E-state index contributed by atoms with van der Waals surface area (Å²) in [4.78, 5) is 4.58. The molecule has 2 nitrogen and oxygen atoms in total. The maximum absolute atomic E-state index is 6.18. The van der Waals surface area contributed by atoms with Crippen molar-refractivity contribution in [2.75, 3.05) is 6.61 Å². The van der Waals surface area contributed by atoms with Crippen LogP contribution in [0, 0.1) is 0 Å². The van der Waals surface area contributed by atoms with Crippen LogP contribution in [0.2, 0.25) is 5.02 Å². The molecule has 0 N–H and O–H groups in total. The Kier molecular flexibility index (Phi) is 5.19. The Hall–Kier alpha value is -1.80. The highest BCUT2D eigenvalue weighted by molar-refractivity contribution is 6.31. The average molecular weight is 288 g/mol. The van der Waals surface area contributed by atoms with Crippen LogP contribution in [-0.2, 0) is 0 Å². The molecule has 0 heterocycles. The lowest BCUT2D eigenvalue weighted by atomic mass is 10.1. The molecular formula is C17H18ClNO. The van der Waals surface area contributed by atoms with Crippen LogP contribution >= 0.6 is 11.6 Å². The number of nitrogens with zero attached hydrogens (tertiary/aromatic N) is 1. The SMILES string of the molecule is CCOc1ccccc1C=NC(C)c1ccccc1Cl. The zero-order chi connectivity index (χ0) is 14.4. The van der Waals surface area contributed by atoms with Gasteiger partial charge in [-0.25, -0.2) is 0 Å². The van der Waals surface area contributed by atoms with Crippen LogP contribution in [0.5, 0.6) is 5.75 Å². The summed E-state index contributed by atoms with van der Waals surface area (Å²) in [7, 11) is 0. The predicted molar refractivity (Wildman–Crippen MR) is 85.1 cm³/mol. The number of ether oxygens (including phenoxy) is 1. The van der Waals surface area contributed by atoms with Gasteiger partial charge in [-0.05, 0) is 37.6 Å². The molecule has 1 atom stereocenters. The summed E-state index contributed by atoms with van der Waals surface area (Å²) in [6, 6.07) is 15.7. The van der Waals surface area contributed by atoms with Crippen molar-refractivity contribution in [3.8, 4) is 5.75 Å². The Morgan fingerprint density at radius 1 is 1.15 bits per heavy atom. The fraction of sp³-hybridized carbons (Fsp3) is 0.235. The Morgan fingerprint density at radius 2 is 1.85 bits per heavy atom. The molecule has 0 saturated heterocycles. The van der Waals surface area contributed by atoms with Gasteiger partial charge in [0.05, 0.1) is 12.6 Å². The minimum absolute atomic E-state index is 0.0124. The van der Waals surface area contributed by atoms with E-state index in [-0.39, 0.29) is 6.04 Å². The molecule has 1 unspecified atom stereocenters. The molecular weight excluding hydrogens is 270 g/mol. The first-order chi connectivity index (χ1) is 9.72. The second kappa shape index (κ2) is 7.11. The van der Waals surface area contributed by atoms with Crippen molar-refractivity contribution in [1.29, 1.82) is 0 Å². The first kappa shape index (κ1) is 14.6. The van der Waals surface area contributed by atoms with Crippen molar-refractivity contribution in [2.24, 2.45) is 4.99 Å². The molecule has 0 spiro atoms. The second-order valence-corrected chi connectivity index (χ2v) is 4.85. The molecule has 2 aromatic rings. The Labute approximate surface area is 125 Å². The quantitative estimate of drug-likeness (QED) is 0.715. The maximum atomic E-state index is 6.18. The van der Waals surface area contributed by atoms with E-state index in [1.165, 1.54) is 0 Å². The van der Waals surface area contributed by atoms with Crippen molar-refractivity contribution >= 4 is 17.8 Å². The van der Waals surface area contributed by atoms with Gasteiger partial charge < -0.3 is 4.74 Å². The van der Waals surface area contributed by atoms with Crippen molar-refractivity contribution in [3.63, 3.8) is 0 Å². The van der Waals surface area contributed by atoms with Crippen molar-refractivity contribution in [3.05, 3.63) is 64.7 Å². The van der Waals surface area contributed by atoms with Gasteiger partial charge in [0.25, 0.3) is 0 Å². The Bertz CT molecular complexity index is 595. The molecule has 0 aliphatic carbocycles. The monoisotopic (exact) mass is 287 g/mol. The van der Waals surface area contributed by atoms with E-state index >= 15 is 0 Å². The molecule has 2 rings (SSSR count). The van der Waals surface area contributed by atoms with Gasteiger partial charge in [0.2, 0.25) is 0 Å². The third-order valence-electron chi connectivity index (χ3n) is 3.01. The van der Waals surface area contributed by atoms with Gasteiger partial charge in [-0.15, -0.1) is 0 Å².